The van der Waals surface area contributed by atoms with Gasteiger partial charge in [0, 0.05) is 30.4 Å². The number of carbonyl (C=O) groups excluding carboxylic acids is 1. The van der Waals surface area contributed by atoms with Gasteiger partial charge in [-0.15, -0.1) is 0 Å². The molecule has 1 amide bonds. The summed E-state index contributed by atoms with van der Waals surface area (Å²) in [5, 5.41) is 1.95. The van der Waals surface area contributed by atoms with Gasteiger partial charge in [-0.05, 0) is 30.7 Å². The number of carbonyl (C=O) groups is 1. The van der Waals surface area contributed by atoms with E-state index in [1.54, 1.807) is 4.13 Å². The molecule has 6 nitrogen and oxygen atoms in total. The van der Waals surface area contributed by atoms with E-state index in [-0.39, 0.29) is 28.5 Å². The van der Waals surface area contributed by atoms with Crippen molar-refractivity contribution in [2.24, 2.45) is 7.05 Å². The number of alkyl halides is 3. The number of rotatable bonds is 5. The Balaban J connectivity index is 1.90. The first-order valence-electron chi connectivity index (χ1n) is 8.08. The van der Waals surface area contributed by atoms with E-state index in [1.807, 2.05) is 0 Å². The van der Waals surface area contributed by atoms with E-state index in [2.05, 4.69) is 5.32 Å². The normalized spacial score (nSPS) is 17.1. The number of aromatic nitrogens is 1. The van der Waals surface area contributed by atoms with Gasteiger partial charge in [-0.1, -0.05) is 21.8 Å². The Morgan fingerprint density at radius 2 is 1.90 bits per heavy atom. The highest BCUT2D eigenvalue weighted by atomic mass is 35.5. The summed E-state index contributed by atoms with van der Waals surface area (Å²) in [4.78, 5) is 11.9. The van der Waals surface area contributed by atoms with Gasteiger partial charge in [0.15, 0.2) is 0 Å². The predicted octanol–water partition coefficient (Wildman–Crippen LogP) is 3.91. The van der Waals surface area contributed by atoms with E-state index in [1.165, 1.54) is 26.1 Å². The van der Waals surface area contributed by atoms with Crippen LogP contribution < -0.4 is 9.44 Å². The molecule has 0 bridgehead atoms. The van der Waals surface area contributed by atoms with Crippen molar-refractivity contribution in [1.82, 2.24) is 8.69 Å². The SMILES string of the molecule is Cc1cc(NC(=O)c2c(Cl)c(S(=O)(=O)NS3(C(F)(F)F)CC3)cn2C)ccc1F. The van der Waals surface area contributed by atoms with E-state index >= 15 is 0 Å². The molecule has 0 saturated carbocycles. The lowest BCUT2D eigenvalue weighted by Crippen LogP contribution is -2.29. The van der Waals surface area contributed by atoms with E-state index in [0.29, 0.717) is 0 Å². The minimum absolute atomic E-state index is 0.243. The highest BCUT2D eigenvalue weighted by Crippen LogP contribution is 2.70. The van der Waals surface area contributed by atoms with E-state index < -0.39 is 47.4 Å². The Labute approximate surface area is 170 Å². The molecule has 13 heteroatoms. The van der Waals surface area contributed by atoms with Gasteiger partial charge >= 0.3 is 5.51 Å². The Morgan fingerprint density at radius 3 is 2.41 bits per heavy atom. The molecular formula is C16H16ClF4N3O3S2. The number of halogens is 5. The van der Waals surface area contributed by atoms with Gasteiger partial charge in [-0.3, -0.25) is 4.79 Å². The molecular weight excluding hydrogens is 458 g/mol. The summed E-state index contributed by atoms with van der Waals surface area (Å²) in [6.45, 7) is 1.49. The lowest BCUT2D eigenvalue weighted by Gasteiger charge is -2.24. The Morgan fingerprint density at radius 1 is 1.28 bits per heavy atom. The molecule has 2 aromatic rings. The summed E-state index contributed by atoms with van der Waals surface area (Å²) in [6, 6.07) is 3.82. The molecule has 1 aromatic carbocycles. The van der Waals surface area contributed by atoms with Crippen LogP contribution in [0.1, 0.15) is 16.1 Å². The van der Waals surface area contributed by atoms with Gasteiger partial charge in [0.2, 0.25) is 0 Å². The molecule has 0 unspecified atom stereocenters. The Bertz CT molecular complexity index is 1100. The second kappa shape index (κ2) is 7.18. The van der Waals surface area contributed by atoms with Crippen LogP contribution in [0.25, 0.3) is 0 Å². The zero-order chi connectivity index (χ0) is 21.8. The fourth-order valence-corrected chi connectivity index (χ4v) is 8.04. The molecule has 1 aliphatic heterocycles. The number of nitrogens with zero attached hydrogens (tertiary/aromatic N) is 1. The van der Waals surface area contributed by atoms with Crippen LogP contribution in [0.2, 0.25) is 5.02 Å². The minimum Gasteiger partial charge on any atom is -0.344 e. The van der Waals surface area contributed by atoms with Crippen LogP contribution >= 0.6 is 21.8 Å². The molecule has 0 radical (unpaired) electrons. The lowest BCUT2D eigenvalue weighted by molar-refractivity contribution is -0.0366. The number of benzene rings is 1. The van der Waals surface area contributed by atoms with Crippen molar-refractivity contribution in [1.29, 1.82) is 0 Å². The zero-order valence-electron chi connectivity index (χ0n) is 15.1. The largest absolute Gasteiger partial charge is 0.438 e. The molecule has 2 heterocycles. The number of hydrogen-bond donors (Lipinski definition) is 2. The zero-order valence-corrected chi connectivity index (χ0v) is 17.5. The monoisotopic (exact) mass is 473 g/mol. The summed E-state index contributed by atoms with van der Waals surface area (Å²) in [5.74, 6) is -1.86. The van der Waals surface area contributed by atoms with Gasteiger partial charge in [0.05, 0.1) is 5.02 Å². The third-order valence-electron chi connectivity index (χ3n) is 4.33. The van der Waals surface area contributed by atoms with Gasteiger partial charge in [0.1, 0.15) is 16.4 Å². The summed E-state index contributed by atoms with van der Waals surface area (Å²) in [6.07, 6.45) is 0.974. The molecule has 3 rings (SSSR count). The highest BCUT2D eigenvalue weighted by Gasteiger charge is 2.60. The topological polar surface area (TPSA) is 80.2 Å². The lowest BCUT2D eigenvalue weighted by atomic mass is 10.2. The molecule has 0 spiro atoms. The maximum absolute atomic E-state index is 13.4. The third kappa shape index (κ3) is 4.11. The second-order valence-electron chi connectivity index (χ2n) is 6.51. The smallest absolute Gasteiger partial charge is 0.344 e. The number of sulfonamides is 1. The molecule has 29 heavy (non-hydrogen) atoms. The maximum atomic E-state index is 13.4. The van der Waals surface area contributed by atoms with E-state index in [4.69, 9.17) is 11.6 Å². The third-order valence-corrected chi connectivity index (χ3v) is 9.98. The number of hydrogen-bond acceptors (Lipinski definition) is 3. The van der Waals surface area contributed by atoms with E-state index in [9.17, 15) is 30.8 Å². The molecule has 160 valence electrons. The average Bonchev–Trinajstić information content (AvgIpc) is 3.29. The van der Waals surface area contributed by atoms with Crippen LogP contribution in [-0.2, 0) is 17.1 Å². The van der Waals surface area contributed by atoms with Gasteiger partial charge in [0.25, 0.3) is 15.9 Å². The summed E-state index contributed by atoms with van der Waals surface area (Å²) < 4.78 is 80.7. The average molecular weight is 474 g/mol. The quantitative estimate of drug-likeness (QED) is 0.510. The van der Waals surface area contributed by atoms with Crippen LogP contribution in [0.15, 0.2) is 29.3 Å². The fourth-order valence-electron chi connectivity index (χ4n) is 2.63. The summed E-state index contributed by atoms with van der Waals surface area (Å²) in [7, 11) is -6.77. The van der Waals surface area contributed by atoms with Gasteiger partial charge in [-0.2, -0.15) is 17.3 Å². The van der Waals surface area contributed by atoms with Crippen molar-refractivity contribution < 1.29 is 30.8 Å². The number of nitrogens with one attached hydrogen (secondary N) is 2. The van der Waals surface area contributed by atoms with Crippen molar-refractivity contribution in [2.75, 3.05) is 16.8 Å². The Hall–Kier alpha value is -1.76. The number of anilines is 1. The molecule has 2 N–H and O–H groups in total. The second-order valence-corrected chi connectivity index (χ2v) is 12.0. The van der Waals surface area contributed by atoms with Crippen LogP contribution in [0.4, 0.5) is 23.2 Å². The van der Waals surface area contributed by atoms with Crippen molar-refractivity contribution in [2.45, 2.75) is 17.3 Å². The fraction of sp³-hybridized carbons (Fsp3) is 0.312. The Kier molecular flexibility index (Phi) is 5.43. The number of aryl methyl sites for hydroxylation is 2. The maximum Gasteiger partial charge on any atom is 0.438 e. The molecule has 1 fully saturated rings. The predicted molar refractivity (Wildman–Crippen MR) is 103 cm³/mol. The molecule has 1 aromatic heterocycles. The number of amides is 1. The standard InChI is InChI=1S/C16H16ClF4N3O3S2/c1-9-7-10(3-4-11(9)18)22-15(25)14-13(17)12(8-24(14)2)29(26,27)23-28(5-6-28)16(19,20)21/h3-4,7-8,23H,5-6H2,1-2H3,(H,22,25). The molecule has 1 saturated heterocycles. The highest BCUT2D eigenvalue weighted by molar-refractivity contribution is 8.42. The summed E-state index contributed by atoms with van der Waals surface area (Å²) >= 11 is 6.06. The first-order valence-corrected chi connectivity index (χ1v) is 11.9. The van der Waals surface area contributed by atoms with Crippen LogP contribution in [-0.4, -0.2) is 35.9 Å². The van der Waals surface area contributed by atoms with Crippen molar-refractivity contribution in [3.05, 3.63) is 46.5 Å². The molecule has 1 aliphatic rings. The summed E-state index contributed by atoms with van der Waals surface area (Å²) in [5.41, 5.74) is -4.41. The first kappa shape index (κ1) is 21.9. The van der Waals surface area contributed by atoms with Crippen LogP contribution in [0.3, 0.4) is 0 Å². The van der Waals surface area contributed by atoms with Gasteiger partial charge in [-0.25, -0.2) is 12.8 Å². The first-order chi connectivity index (χ1) is 13.3. The minimum atomic E-state index is -4.66. The molecule has 0 atom stereocenters. The van der Waals surface area contributed by atoms with Crippen LogP contribution in [0.5, 0.6) is 0 Å². The van der Waals surface area contributed by atoms with E-state index in [0.717, 1.165) is 16.8 Å². The van der Waals surface area contributed by atoms with Crippen molar-refractivity contribution in [3.8, 4) is 0 Å². The van der Waals surface area contributed by atoms with Crippen molar-refractivity contribution in [3.63, 3.8) is 0 Å². The van der Waals surface area contributed by atoms with Crippen molar-refractivity contribution >= 4 is 43.4 Å². The van der Waals surface area contributed by atoms with Crippen LogP contribution in [0, 0.1) is 12.7 Å². The molecule has 0 aliphatic carbocycles. The van der Waals surface area contributed by atoms with Gasteiger partial charge < -0.3 is 9.88 Å².